The molecule has 0 saturated carbocycles. The topological polar surface area (TPSA) is 38.5 Å². The Bertz CT molecular complexity index is 387. The molecule has 2 N–H and O–H groups in total. The summed E-state index contributed by atoms with van der Waals surface area (Å²) in [7, 11) is 0. The number of benzene rings is 1. The van der Waals surface area contributed by atoms with Crippen LogP contribution in [-0.2, 0) is 0 Å². The number of rotatable bonds is 3. The molecule has 4 heteroatoms. The molecule has 0 atom stereocenters. The maximum atomic E-state index is 5.95. The summed E-state index contributed by atoms with van der Waals surface area (Å²) >= 11 is 2.03. The summed E-state index contributed by atoms with van der Waals surface area (Å²) in [6, 6.07) is 6.12. The Morgan fingerprint density at radius 3 is 2.89 bits per heavy atom. The number of nitrogen functional groups attached to an aromatic ring is 1. The van der Waals surface area contributed by atoms with Crippen molar-refractivity contribution in [3.05, 3.63) is 18.2 Å². The molecule has 3 nitrogen and oxygen atoms in total. The summed E-state index contributed by atoms with van der Waals surface area (Å²) in [5.41, 5.74) is 7.89. The van der Waals surface area contributed by atoms with E-state index in [9.17, 15) is 0 Å². The molecule has 0 radical (unpaired) electrons. The quantitative estimate of drug-likeness (QED) is 0.854. The van der Waals surface area contributed by atoms with E-state index in [1.807, 2.05) is 31.7 Å². The van der Waals surface area contributed by atoms with Crippen LogP contribution in [0.4, 0.5) is 11.4 Å². The van der Waals surface area contributed by atoms with Crippen LogP contribution in [-0.4, -0.2) is 30.7 Å². The molecule has 1 saturated heterocycles. The molecule has 0 aromatic heterocycles. The lowest BCUT2D eigenvalue weighted by atomic mass is 10.2. The third-order valence-corrected chi connectivity index (χ3v) is 4.00. The largest absolute Gasteiger partial charge is 0.489 e. The van der Waals surface area contributed by atoms with Crippen molar-refractivity contribution in [3.63, 3.8) is 0 Å². The number of hydrogen-bond acceptors (Lipinski definition) is 4. The predicted molar refractivity (Wildman–Crippen MR) is 80.8 cm³/mol. The summed E-state index contributed by atoms with van der Waals surface area (Å²) in [6.07, 6.45) is 1.40. The maximum Gasteiger partial charge on any atom is 0.144 e. The first-order valence-corrected chi connectivity index (χ1v) is 7.71. The molecule has 1 heterocycles. The highest BCUT2D eigenvalue weighted by molar-refractivity contribution is 7.99. The third-order valence-electron chi connectivity index (χ3n) is 2.95. The molecule has 2 rings (SSSR count). The van der Waals surface area contributed by atoms with Crippen LogP contribution in [0.5, 0.6) is 5.75 Å². The first-order chi connectivity index (χ1) is 8.66. The van der Waals surface area contributed by atoms with Crippen molar-refractivity contribution < 1.29 is 4.74 Å². The van der Waals surface area contributed by atoms with Gasteiger partial charge in [0.15, 0.2) is 0 Å². The van der Waals surface area contributed by atoms with Gasteiger partial charge in [-0.3, -0.25) is 0 Å². The second-order valence-electron chi connectivity index (χ2n) is 4.84. The van der Waals surface area contributed by atoms with Gasteiger partial charge in [-0.25, -0.2) is 0 Å². The van der Waals surface area contributed by atoms with Gasteiger partial charge in [0.05, 0.1) is 11.8 Å². The number of nitrogens with two attached hydrogens (primary N) is 1. The molecule has 0 spiro atoms. The highest BCUT2D eigenvalue weighted by atomic mass is 32.2. The fourth-order valence-electron chi connectivity index (χ4n) is 2.08. The minimum atomic E-state index is 0.155. The number of thioether (sulfide) groups is 1. The monoisotopic (exact) mass is 266 g/mol. The molecule has 1 aromatic rings. The van der Waals surface area contributed by atoms with E-state index in [0.717, 1.165) is 24.5 Å². The molecule has 1 aliphatic rings. The normalized spacial score (nSPS) is 16.7. The van der Waals surface area contributed by atoms with Crippen LogP contribution in [0.15, 0.2) is 18.2 Å². The van der Waals surface area contributed by atoms with Crippen molar-refractivity contribution in [1.29, 1.82) is 0 Å². The van der Waals surface area contributed by atoms with Crippen LogP contribution in [0, 0.1) is 0 Å². The maximum absolute atomic E-state index is 5.95. The van der Waals surface area contributed by atoms with E-state index in [1.165, 1.54) is 23.6 Å². The van der Waals surface area contributed by atoms with Crippen molar-refractivity contribution >= 4 is 23.1 Å². The van der Waals surface area contributed by atoms with Gasteiger partial charge in [-0.15, -0.1) is 0 Å². The van der Waals surface area contributed by atoms with E-state index in [4.69, 9.17) is 10.5 Å². The minimum Gasteiger partial charge on any atom is -0.489 e. The molecule has 1 fully saturated rings. The Morgan fingerprint density at radius 1 is 1.28 bits per heavy atom. The number of nitrogens with zero attached hydrogens (tertiary/aromatic N) is 1. The molecular formula is C14H22N2OS. The van der Waals surface area contributed by atoms with E-state index in [-0.39, 0.29) is 6.10 Å². The molecule has 0 amide bonds. The van der Waals surface area contributed by atoms with Crippen LogP contribution in [0.2, 0.25) is 0 Å². The van der Waals surface area contributed by atoms with Gasteiger partial charge in [0.2, 0.25) is 0 Å². The molecular weight excluding hydrogens is 244 g/mol. The van der Waals surface area contributed by atoms with Gasteiger partial charge in [0, 0.05) is 30.6 Å². The van der Waals surface area contributed by atoms with E-state index >= 15 is 0 Å². The summed E-state index contributed by atoms with van der Waals surface area (Å²) in [5, 5.41) is 0. The SMILES string of the molecule is CC(C)Oc1cc(N2CCCSCC2)ccc1N. The summed E-state index contributed by atoms with van der Waals surface area (Å²) < 4.78 is 5.75. The Hall–Kier alpha value is -1.03. The average Bonchev–Trinajstić information content (AvgIpc) is 2.60. The van der Waals surface area contributed by atoms with Crippen molar-refractivity contribution in [2.75, 3.05) is 35.2 Å². The molecule has 1 aromatic carbocycles. The first kappa shape index (κ1) is 13.4. The molecule has 18 heavy (non-hydrogen) atoms. The Kier molecular flexibility index (Phi) is 4.64. The standard InChI is InChI=1S/C14H22N2OS/c1-11(2)17-14-10-12(4-5-13(14)15)16-6-3-8-18-9-7-16/h4-5,10-11H,3,6-9,15H2,1-2H3. The van der Waals surface area contributed by atoms with Crippen LogP contribution in [0.25, 0.3) is 0 Å². The van der Waals surface area contributed by atoms with E-state index < -0.39 is 0 Å². The van der Waals surface area contributed by atoms with E-state index in [2.05, 4.69) is 17.0 Å². The van der Waals surface area contributed by atoms with Crippen molar-refractivity contribution in [3.8, 4) is 5.75 Å². The van der Waals surface area contributed by atoms with Crippen LogP contribution in [0.1, 0.15) is 20.3 Å². The first-order valence-electron chi connectivity index (χ1n) is 6.55. The second-order valence-corrected chi connectivity index (χ2v) is 6.07. The highest BCUT2D eigenvalue weighted by Crippen LogP contribution is 2.29. The predicted octanol–water partition coefficient (Wildman–Crippen LogP) is 3.00. The summed E-state index contributed by atoms with van der Waals surface area (Å²) in [4.78, 5) is 2.42. The number of anilines is 2. The zero-order valence-electron chi connectivity index (χ0n) is 11.2. The van der Waals surface area contributed by atoms with Crippen molar-refractivity contribution in [2.45, 2.75) is 26.4 Å². The summed E-state index contributed by atoms with van der Waals surface area (Å²) in [6.45, 7) is 6.27. The van der Waals surface area contributed by atoms with E-state index in [1.54, 1.807) is 0 Å². The zero-order valence-corrected chi connectivity index (χ0v) is 12.0. The van der Waals surface area contributed by atoms with Gasteiger partial charge >= 0.3 is 0 Å². The lowest BCUT2D eigenvalue weighted by Crippen LogP contribution is -2.25. The van der Waals surface area contributed by atoms with Gasteiger partial charge in [-0.1, -0.05) is 0 Å². The lowest BCUT2D eigenvalue weighted by molar-refractivity contribution is 0.244. The Balaban J connectivity index is 2.16. The van der Waals surface area contributed by atoms with Gasteiger partial charge in [-0.05, 0) is 38.2 Å². The van der Waals surface area contributed by atoms with Crippen molar-refractivity contribution in [1.82, 2.24) is 0 Å². The van der Waals surface area contributed by atoms with Crippen molar-refractivity contribution in [2.24, 2.45) is 0 Å². The molecule has 100 valence electrons. The van der Waals surface area contributed by atoms with Crippen LogP contribution >= 0.6 is 11.8 Å². The third kappa shape index (κ3) is 3.48. The Labute approximate surface area is 114 Å². The summed E-state index contributed by atoms with van der Waals surface area (Å²) in [5.74, 6) is 3.27. The van der Waals surface area contributed by atoms with Crippen LogP contribution in [0.3, 0.4) is 0 Å². The molecule has 1 aliphatic heterocycles. The smallest absolute Gasteiger partial charge is 0.144 e. The van der Waals surface area contributed by atoms with Gasteiger partial charge in [0.1, 0.15) is 5.75 Å². The molecule has 0 unspecified atom stereocenters. The Morgan fingerprint density at radius 2 is 2.11 bits per heavy atom. The minimum absolute atomic E-state index is 0.155. The zero-order chi connectivity index (χ0) is 13.0. The fourth-order valence-corrected chi connectivity index (χ4v) is 2.97. The van der Waals surface area contributed by atoms with Crippen LogP contribution < -0.4 is 15.4 Å². The second kappa shape index (κ2) is 6.23. The molecule has 0 bridgehead atoms. The average molecular weight is 266 g/mol. The van der Waals surface area contributed by atoms with Gasteiger partial charge in [0.25, 0.3) is 0 Å². The number of hydrogen-bond donors (Lipinski definition) is 1. The lowest BCUT2D eigenvalue weighted by Gasteiger charge is -2.23. The molecule has 0 aliphatic carbocycles. The van der Waals surface area contributed by atoms with Gasteiger partial charge < -0.3 is 15.4 Å². The van der Waals surface area contributed by atoms with Gasteiger partial charge in [-0.2, -0.15) is 11.8 Å². The highest BCUT2D eigenvalue weighted by Gasteiger charge is 2.12. The fraction of sp³-hybridized carbons (Fsp3) is 0.571. The van der Waals surface area contributed by atoms with E-state index in [0.29, 0.717) is 0 Å². The number of ether oxygens (including phenoxy) is 1.